The molecule has 0 aliphatic heterocycles. The Bertz CT molecular complexity index is 474. The molecule has 0 atom stereocenters. The lowest BCUT2D eigenvalue weighted by Gasteiger charge is -2.16. The first kappa shape index (κ1) is 14.5. The van der Waals surface area contributed by atoms with Crippen LogP contribution in [-0.4, -0.2) is 29.4 Å². The van der Waals surface area contributed by atoms with E-state index < -0.39 is 5.97 Å². The lowest BCUT2D eigenvalue weighted by Crippen LogP contribution is -2.14. The predicted molar refractivity (Wildman–Crippen MR) is 77.4 cm³/mol. The summed E-state index contributed by atoms with van der Waals surface area (Å²) in [7, 11) is 1.49. The number of hydrogen-bond donors (Lipinski definition) is 2. The Labute approximate surface area is 119 Å². The molecule has 0 fully saturated rings. The van der Waals surface area contributed by atoms with Crippen LogP contribution in [0, 0.1) is 5.41 Å². The van der Waals surface area contributed by atoms with Crippen LogP contribution in [-0.2, 0) is 6.54 Å². The SMILES string of the molecule is COc1cc(C(=O)O)ccc1CN(C=N)/C=C\I. The van der Waals surface area contributed by atoms with Gasteiger partial charge in [-0.05, 0) is 16.2 Å². The van der Waals surface area contributed by atoms with Gasteiger partial charge in [0.25, 0.3) is 0 Å². The zero-order chi connectivity index (χ0) is 13.5. The minimum Gasteiger partial charge on any atom is -0.496 e. The lowest BCUT2D eigenvalue weighted by atomic mass is 10.1. The zero-order valence-electron chi connectivity index (χ0n) is 9.76. The van der Waals surface area contributed by atoms with Gasteiger partial charge in [-0.15, -0.1) is 0 Å². The Kier molecular flexibility index (Phi) is 5.63. The van der Waals surface area contributed by atoms with Gasteiger partial charge in [0.1, 0.15) is 5.75 Å². The third kappa shape index (κ3) is 3.73. The summed E-state index contributed by atoms with van der Waals surface area (Å²) in [5.41, 5.74) is 1.00. The summed E-state index contributed by atoms with van der Waals surface area (Å²) in [4.78, 5) is 12.5. The molecule has 0 spiro atoms. The quantitative estimate of drug-likeness (QED) is 0.465. The monoisotopic (exact) mass is 360 g/mol. The highest BCUT2D eigenvalue weighted by atomic mass is 127. The number of hydrogen-bond acceptors (Lipinski definition) is 3. The molecular formula is C12H13IN2O3. The number of carboxylic acid groups (broad SMARTS) is 1. The summed E-state index contributed by atoms with van der Waals surface area (Å²) in [6.45, 7) is 0.450. The molecule has 0 aliphatic carbocycles. The summed E-state index contributed by atoms with van der Waals surface area (Å²) in [6, 6.07) is 4.70. The standard InChI is InChI=1S/C12H13IN2O3/c1-18-11-6-9(12(16)17)2-3-10(11)7-15(8-14)5-4-13/h2-6,8,14H,7H2,1H3,(H,16,17)/b5-4-,14-8?. The van der Waals surface area contributed by atoms with E-state index in [0.717, 1.165) is 5.56 Å². The van der Waals surface area contributed by atoms with Crippen LogP contribution in [0.25, 0.3) is 0 Å². The van der Waals surface area contributed by atoms with Crippen LogP contribution < -0.4 is 4.74 Å². The van der Waals surface area contributed by atoms with Crippen LogP contribution in [0.5, 0.6) is 5.75 Å². The number of ether oxygens (including phenoxy) is 1. The van der Waals surface area contributed by atoms with Crippen molar-refractivity contribution >= 4 is 34.9 Å². The molecule has 0 unspecified atom stereocenters. The second kappa shape index (κ2) is 7.00. The molecule has 1 rings (SSSR count). The van der Waals surface area contributed by atoms with Crippen molar-refractivity contribution in [1.29, 1.82) is 5.41 Å². The molecule has 0 radical (unpaired) electrons. The van der Waals surface area contributed by atoms with Gasteiger partial charge in [0.2, 0.25) is 0 Å². The number of nitrogens with one attached hydrogen (secondary N) is 1. The van der Waals surface area contributed by atoms with Crippen LogP contribution >= 0.6 is 22.6 Å². The molecule has 1 aromatic rings. The van der Waals surface area contributed by atoms with Gasteiger partial charge >= 0.3 is 5.97 Å². The molecule has 0 saturated heterocycles. The highest BCUT2D eigenvalue weighted by Crippen LogP contribution is 2.21. The fourth-order valence-corrected chi connectivity index (χ4v) is 1.83. The van der Waals surface area contributed by atoms with Gasteiger partial charge in [-0.2, -0.15) is 0 Å². The predicted octanol–water partition coefficient (Wildman–Crippen LogP) is 2.71. The molecule has 0 heterocycles. The summed E-state index contributed by atoms with van der Waals surface area (Å²) < 4.78 is 6.96. The van der Waals surface area contributed by atoms with Crippen molar-refractivity contribution < 1.29 is 14.6 Å². The van der Waals surface area contributed by atoms with Crippen LogP contribution in [0.3, 0.4) is 0 Å². The van der Waals surface area contributed by atoms with Crippen molar-refractivity contribution in [3.8, 4) is 5.75 Å². The fraction of sp³-hybridized carbons (Fsp3) is 0.167. The molecule has 6 heteroatoms. The van der Waals surface area contributed by atoms with Crippen LogP contribution in [0.2, 0.25) is 0 Å². The van der Waals surface area contributed by atoms with Gasteiger partial charge in [0, 0.05) is 11.8 Å². The third-order valence-electron chi connectivity index (χ3n) is 2.30. The van der Waals surface area contributed by atoms with Crippen molar-refractivity contribution in [1.82, 2.24) is 4.90 Å². The summed E-state index contributed by atoms with van der Waals surface area (Å²) in [6.07, 6.45) is 2.94. The molecule has 96 valence electrons. The smallest absolute Gasteiger partial charge is 0.335 e. The Hall–Kier alpha value is -1.57. The minimum atomic E-state index is -0.990. The number of halogens is 1. The maximum absolute atomic E-state index is 10.8. The summed E-state index contributed by atoms with van der Waals surface area (Å²) in [5.74, 6) is -0.487. The normalized spacial score (nSPS) is 10.3. The molecular weight excluding hydrogens is 347 g/mol. The van der Waals surface area contributed by atoms with Gasteiger partial charge < -0.3 is 14.7 Å². The molecule has 0 amide bonds. The second-order valence-electron chi connectivity index (χ2n) is 3.41. The van der Waals surface area contributed by atoms with Crippen LogP contribution in [0.15, 0.2) is 28.5 Å². The molecule has 0 aromatic heterocycles. The largest absolute Gasteiger partial charge is 0.496 e. The highest BCUT2D eigenvalue weighted by Gasteiger charge is 2.10. The molecule has 1 aromatic carbocycles. The van der Waals surface area contributed by atoms with E-state index in [-0.39, 0.29) is 5.56 Å². The third-order valence-corrected chi connectivity index (χ3v) is 2.62. The zero-order valence-corrected chi connectivity index (χ0v) is 11.9. The average Bonchev–Trinajstić information content (AvgIpc) is 2.38. The van der Waals surface area contributed by atoms with Gasteiger partial charge in [0.05, 0.1) is 25.6 Å². The fourth-order valence-electron chi connectivity index (χ4n) is 1.42. The Morgan fingerprint density at radius 1 is 1.61 bits per heavy atom. The topological polar surface area (TPSA) is 73.6 Å². The summed E-state index contributed by atoms with van der Waals surface area (Å²) in [5, 5.41) is 16.2. The first-order chi connectivity index (χ1) is 8.62. The van der Waals surface area contributed by atoms with Crippen molar-refractivity contribution in [3.63, 3.8) is 0 Å². The van der Waals surface area contributed by atoms with E-state index >= 15 is 0 Å². The van der Waals surface area contributed by atoms with Crippen molar-refractivity contribution in [2.75, 3.05) is 7.11 Å². The van der Waals surface area contributed by atoms with E-state index in [1.54, 1.807) is 21.2 Å². The maximum atomic E-state index is 10.8. The first-order valence-corrected chi connectivity index (χ1v) is 6.30. The average molecular weight is 360 g/mol. The van der Waals surface area contributed by atoms with E-state index in [1.165, 1.54) is 25.6 Å². The van der Waals surface area contributed by atoms with Crippen molar-refractivity contribution in [2.45, 2.75) is 6.54 Å². The molecule has 2 N–H and O–H groups in total. The van der Waals surface area contributed by atoms with Gasteiger partial charge in [-0.3, -0.25) is 5.41 Å². The lowest BCUT2D eigenvalue weighted by molar-refractivity contribution is 0.0696. The number of aromatic carboxylic acids is 1. The highest BCUT2D eigenvalue weighted by molar-refractivity contribution is 14.1. The minimum absolute atomic E-state index is 0.182. The van der Waals surface area contributed by atoms with Gasteiger partial charge in [-0.25, -0.2) is 4.79 Å². The van der Waals surface area contributed by atoms with Gasteiger partial charge in [0.15, 0.2) is 0 Å². The number of benzene rings is 1. The second-order valence-corrected chi connectivity index (χ2v) is 4.13. The van der Waals surface area contributed by atoms with E-state index in [2.05, 4.69) is 22.6 Å². The number of carbonyl (C=O) groups is 1. The first-order valence-electron chi connectivity index (χ1n) is 5.05. The Balaban J connectivity index is 3.01. The summed E-state index contributed by atoms with van der Waals surface area (Å²) >= 11 is 2.07. The molecule has 18 heavy (non-hydrogen) atoms. The van der Waals surface area contributed by atoms with Crippen molar-refractivity contribution in [2.24, 2.45) is 0 Å². The maximum Gasteiger partial charge on any atom is 0.335 e. The number of carboxylic acids is 1. The number of rotatable bonds is 6. The number of methoxy groups -OCH3 is 1. The molecule has 0 bridgehead atoms. The Morgan fingerprint density at radius 2 is 2.33 bits per heavy atom. The van der Waals surface area contributed by atoms with Gasteiger partial charge in [-0.1, -0.05) is 28.7 Å². The van der Waals surface area contributed by atoms with E-state index in [9.17, 15) is 4.79 Å². The Morgan fingerprint density at radius 3 is 2.83 bits per heavy atom. The molecule has 5 nitrogen and oxygen atoms in total. The molecule has 0 aliphatic rings. The van der Waals surface area contributed by atoms with E-state index in [1.807, 2.05) is 0 Å². The van der Waals surface area contributed by atoms with Crippen molar-refractivity contribution in [3.05, 3.63) is 39.6 Å². The number of nitrogens with zero attached hydrogens (tertiary/aromatic N) is 1. The molecule has 0 saturated carbocycles. The van der Waals surface area contributed by atoms with E-state index in [4.69, 9.17) is 15.3 Å². The van der Waals surface area contributed by atoms with Crippen LogP contribution in [0.4, 0.5) is 0 Å². The van der Waals surface area contributed by atoms with E-state index in [0.29, 0.717) is 12.3 Å². The van der Waals surface area contributed by atoms with Crippen LogP contribution in [0.1, 0.15) is 15.9 Å².